The van der Waals surface area contributed by atoms with Crippen molar-refractivity contribution >= 4 is 27.7 Å². The number of amides is 1. The van der Waals surface area contributed by atoms with E-state index in [0.29, 0.717) is 17.0 Å². The third kappa shape index (κ3) is 4.17. The lowest BCUT2D eigenvalue weighted by atomic mass is 9.93. The van der Waals surface area contributed by atoms with Gasteiger partial charge in [-0.3, -0.25) is 19.2 Å². The second kappa shape index (κ2) is 9.27. The van der Waals surface area contributed by atoms with Crippen molar-refractivity contribution in [3.8, 4) is 0 Å². The molecule has 176 valence electrons. The highest BCUT2D eigenvalue weighted by Crippen LogP contribution is 2.35. The predicted molar refractivity (Wildman–Crippen MR) is 129 cm³/mol. The van der Waals surface area contributed by atoms with Crippen LogP contribution < -0.4 is 5.56 Å². The van der Waals surface area contributed by atoms with Gasteiger partial charge in [0.1, 0.15) is 0 Å². The van der Waals surface area contributed by atoms with E-state index < -0.39 is 0 Å². The van der Waals surface area contributed by atoms with Crippen LogP contribution in [0.1, 0.15) is 54.6 Å². The molecule has 8 heteroatoms. The van der Waals surface area contributed by atoms with Crippen molar-refractivity contribution in [1.82, 2.24) is 24.6 Å². The van der Waals surface area contributed by atoms with Gasteiger partial charge in [0, 0.05) is 56.9 Å². The van der Waals surface area contributed by atoms with Crippen molar-refractivity contribution in [3.63, 3.8) is 0 Å². The number of hydrogen-bond acceptors (Lipinski definition) is 5. The number of carbonyl (C=O) groups excluding carboxylic acids is 1. The molecule has 3 heterocycles. The number of carbonyl (C=O) groups is 1. The summed E-state index contributed by atoms with van der Waals surface area (Å²) in [7, 11) is 0. The number of hydrogen-bond donors (Lipinski definition) is 1. The van der Waals surface area contributed by atoms with Crippen molar-refractivity contribution in [3.05, 3.63) is 39.8 Å². The quantitative estimate of drug-likeness (QED) is 0.558. The van der Waals surface area contributed by atoms with Crippen molar-refractivity contribution in [2.45, 2.75) is 45.6 Å². The summed E-state index contributed by atoms with van der Waals surface area (Å²) in [5.41, 5.74) is 3.09. The summed E-state index contributed by atoms with van der Waals surface area (Å²) >= 11 is 0. The number of piperazine rings is 1. The second-order valence-corrected chi connectivity index (χ2v) is 9.29. The number of pyridine rings is 1. The van der Waals surface area contributed by atoms with Crippen LogP contribution in [-0.2, 0) is 4.74 Å². The van der Waals surface area contributed by atoms with Crippen LogP contribution in [0.15, 0.2) is 23.1 Å². The van der Waals surface area contributed by atoms with Gasteiger partial charge in [0.2, 0.25) is 0 Å². The fraction of sp³-hybridized carbons (Fsp3) is 0.560. The summed E-state index contributed by atoms with van der Waals surface area (Å²) < 4.78 is 7.44. The number of nitrogens with one attached hydrogen (secondary N) is 1. The van der Waals surface area contributed by atoms with Gasteiger partial charge in [-0.25, -0.2) is 0 Å². The first-order valence-electron chi connectivity index (χ1n) is 12.2. The molecule has 33 heavy (non-hydrogen) atoms. The molecule has 1 aliphatic carbocycles. The van der Waals surface area contributed by atoms with E-state index >= 15 is 0 Å². The Kier molecular flexibility index (Phi) is 6.21. The van der Waals surface area contributed by atoms with E-state index in [1.807, 2.05) is 35.6 Å². The van der Waals surface area contributed by atoms with E-state index in [-0.39, 0.29) is 11.5 Å². The average molecular weight is 452 g/mol. The Morgan fingerprint density at radius 2 is 1.97 bits per heavy atom. The van der Waals surface area contributed by atoms with Gasteiger partial charge in [0.05, 0.1) is 28.7 Å². The molecule has 1 N–H and O–H groups in total. The number of nitrogens with zero attached hydrogens (tertiary/aromatic N) is 4. The number of aryl methyl sites for hydroxylation is 1. The van der Waals surface area contributed by atoms with Crippen LogP contribution in [0.3, 0.4) is 0 Å². The van der Waals surface area contributed by atoms with Gasteiger partial charge in [-0.15, -0.1) is 0 Å². The highest BCUT2D eigenvalue weighted by molar-refractivity contribution is 6.07. The Labute approximate surface area is 193 Å². The molecule has 2 fully saturated rings. The van der Waals surface area contributed by atoms with Crippen LogP contribution in [0.4, 0.5) is 0 Å². The van der Waals surface area contributed by atoms with Crippen LogP contribution in [0.5, 0.6) is 0 Å². The highest BCUT2D eigenvalue weighted by atomic mass is 16.5. The van der Waals surface area contributed by atoms with Crippen LogP contribution in [0.25, 0.3) is 21.8 Å². The van der Waals surface area contributed by atoms with E-state index in [9.17, 15) is 9.59 Å². The summed E-state index contributed by atoms with van der Waals surface area (Å²) in [6, 6.07) is 4.24. The van der Waals surface area contributed by atoms with Gasteiger partial charge < -0.3 is 14.6 Å². The fourth-order valence-electron chi connectivity index (χ4n) is 5.01. The number of ether oxygens (including phenoxy) is 1. The minimum absolute atomic E-state index is 0.0671. The summed E-state index contributed by atoms with van der Waals surface area (Å²) in [5, 5.41) is 6.04. The zero-order valence-corrected chi connectivity index (χ0v) is 19.6. The molecule has 2 aliphatic rings. The molecule has 1 aliphatic heterocycles. The van der Waals surface area contributed by atoms with Gasteiger partial charge >= 0.3 is 0 Å². The Balaban J connectivity index is 1.40. The number of rotatable bonds is 7. The van der Waals surface area contributed by atoms with Crippen molar-refractivity contribution in [1.29, 1.82) is 0 Å². The maximum Gasteiger partial charge on any atom is 0.259 e. The van der Waals surface area contributed by atoms with E-state index in [2.05, 4.69) is 15.0 Å². The summed E-state index contributed by atoms with van der Waals surface area (Å²) in [4.78, 5) is 33.5. The lowest BCUT2D eigenvalue weighted by Gasteiger charge is -2.35. The first-order chi connectivity index (χ1) is 16.1. The van der Waals surface area contributed by atoms with Gasteiger partial charge in [-0.05, 0) is 57.2 Å². The summed E-state index contributed by atoms with van der Waals surface area (Å²) in [6.07, 6.45) is 6.04. The number of H-pyrrole nitrogens is 1. The molecule has 1 saturated carbocycles. The van der Waals surface area contributed by atoms with Crippen molar-refractivity contribution in [2.24, 2.45) is 0 Å². The van der Waals surface area contributed by atoms with Gasteiger partial charge in [-0.2, -0.15) is 5.10 Å². The van der Waals surface area contributed by atoms with Crippen LogP contribution >= 0.6 is 0 Å². The molecule has 5 rings (SSSR count). The molecule has 8 nitrogen and oxygen atoms in total. The van der Waals surface area contributed by atoms with Crippen LogP contribution in [-0.4, -0.2) is 76.4 Å². The molecule has 2 aromatic heterocycles. The van der Waals surface area contributed by atoms with Crippen LogP contribution in [0.2, 0.25) is 0 Å². The molecule has 1 saturated heterocycles. The Bertz CT molecular complexity index is 1220. The van der Waals surface area contributed by atoms with Gasteiger partial charge in [0.15, 0.2) is 0 Å². The van der Waals surface area contributed by atoms with E-state index in [0.717, 1.165) is 87.2 Å². The molecular formula is C25H33N5O3. The average Bonchev–Trinajstić information content (AvgIpc) is 3.21. The van der Waals surface area contributed by atoms with E-state index in [1.54, 1.807) is 6.20 Å². The molecule has 1 aromatic carbocycles. The number of aromatic nitrogens is 3. The molecule has 3 aromatic rings. The molecule has 0 atom stereocenters. The maximum absolute atomic E-state index is 13.5. The largest absolute Gasteiger partial charge is 0.382 e. The zero-order chi connectivity index (χ0) is 22.9. The smallest absolute Gasteiger partial charge is 0.259 e. The Morgan fingerprint density at radius 1 is 1.18 bits per heavy atom. The summed E-state index contributed by atoms with van der Waals surface area (Å²) in [6.45, 7) is 9.75. The van der Waals surface area contributed by atoms with Gasteiger partial charge in [-0.1, -0.05) is 0 Å². The zero-order valence-electron chi connectivity index (χ0n) is 19.6. The lowest BCUT2D eigenvalue weighted by Crippen LogP contribution is -2.49. The fourth-order valence-corrected chi connectivity index (χ4v) is 5.01. The second-order valence-electron chi connectivity index (χ2n) is 9.29. The maximum atomic E-state index is 13.5. The van der Waals surface area contributed by atoms with E-state index in [1.165, 1.54) is 6.42 Å². The van der Waals surface area contributed by atoms with E-state index in [4.69, 9.17) is 4.74 Å². The monoisotopic (exact) mass is 451 g/mol. The number of fused-ring (bicyclic) bond motifs is 3. The number of aromatic amines is 1. The normalized spacial score (nSPS) is 17.7. The molecular weight excluding hydrogens is 418 g/mol. The Hall–Kier alpha value is -2.71. The molecule has 1 amide bonds. The minimum atomic E-state index is -0.123. The minimum Gasteiger partial charge on any atom is -0.382 e. The third-order valence-corrected chi connectivity index (χ3v) is 7.19. The lowest BCUT2D eigenvalue weighted by molar-refractivity contribution is 0.0615. The van der Waals surface area contributed by atoms with Crippen molar-refractivity contribution in [2.75, 3.05) is 45.9 Å². The number of benzene rings is 1. The standard InChI is InChI=1S/C25H33N5O3/c1-3-33-13-5-8-28-9-11-29(12-10-28)25(32)19-15-20-22(14-17(19)2)27-24(31)21-16-26-30(23(20)21)18-6-4-7-18/h14-16,18H,3-13H2,1-2H3,(H,27,31). The Morgan fingerprint density at radius 3 is 2.67 bits per heavy atom. The first kappa shape index (κ1) is 22.1. The first-order valence-corrected chi connectivity index (χ1v) is 12.2. The topological polar surface area (TPSA) is 83.5 Å². The molecule has 0 radical (unpaired) electrons. The van der Waals surface area contributed by atoms with Crippen LogP contribution in [0, 0.1) is 6.92 Å². The SMILES string of the molecule is CCOCCCN1CCN(C(=O)c2cc3c(cc2C)[nH]c(=O)c2cnn(C4CCC4)c23)CC1. The van der Waals surface area contributed by atoms with Crippen molar-refractivity contribution < 1.29 is 9.53 Å². The highest BCUT2D eigenvalue weighted by Gasteiger charge is 2.26. The molecule has 0 unspecified atom stereocenters. The predicted octanol–water partition coefficient (Wildman–Crippen LogP) is 3.10. The third-order valence-electron chi connectivity index (χ3n) is 7.19. The van der Waals surface area contributed by atoms with Gasteiger partial charge in [0.25, 0.3) is 11.5 Å². The summed E-state index contributed by atoms with van der Waals surface area (Å²) in [5.74, 6) is 0.0671. The molecule has 0 bridgehead atoms. The molecule has 0 spiro atoms.